The van der Waals surface area contributed by atoms with Crippen LogP contribution in [0.3, 0.4) is 0 Å². The van der Waals surface area contributed by atoms with Crippen LogP contribution in [0, 0.1) is 31.6 Å². The summed E-state index contributed by atoms with van der Waals surface area (Å²) >= 11 is 0. The van der Waals surface area contributed by atoms with Crippen molar-refractivity contribution in [1.82, 2.24) is 4.57 Å². The van der Waals surface area contributed by atoms with Crippen molar-refractivity contribution in [2.24, 2.45) is 0 Å². The fraction of sp³-hybridized carbons (Fsp3) is 0.273. The van der Waals surface area contributed by atoms with Gasteiger partial charge in [0.25, 0.3) is 0 Å². The second-order valence-electron chi connectivity index (χ2n) is 3.21. The molecule has 0 unspecified atom stereocenters. The van der Waals surface area contributed by atoms with Crippen molar-refractivity contribution in [3.05, 3.63) is 50.3 Å². The first-order valence-electron chi connectivity index (χ1n) is 4.64. The third-order valence-corrected chi connectivity index (χ3v) is 2.21. The highest BCUT2D eigenvalue weighted by molar-refractivity contribution is 5.34. The Morgan fingerprint density at radius 2 is 2.08 bits per heavy atom. The predicted octanol–water partition coefficient (Wildman–Crippen LogP) is 1.20. The summed E-state index contributed by atoms with van der Waals surface area (Å²) in [5, 5.41) is 0. The van der Waals surface area contributed by atoms with Gasteiger partial charge in [-0.1, -0.05) is 0 Å². The smallest absolute Gasteiger partial charge is 0.237 e. The number of hydrogen-bond acceptors (Lipinski definition) is 0. The van der Waals surface area contributed by atoms with Crippen LogP contribution in [0.25, 0.3) is 0 Å². The van der Waals surface area contributed by atoms with Gasteiger partial charge in [-0.25, -0.2) is 9.13 Å². The number of nitrogens with zero attached hydrogens (tertiary/aromatic N) is 2. The zero-order valence-corrected chi connectivity index (χ0v) is 7.85. The minimum absolute atomic E-state index is 0.972. The topological polar surface area (TPSA) is 8.81 Å². The molecular weight excluding hydrogens is 160 g/mol. The molecule has 1 aromatic rings. The van der Waals surface area contributed by atoms with Crippen LogP contribution in [-0.2, 0) is 13.1 Å². The maximum absolute atomic E-state index is 2.19. The second-order valence-corrected chi connectivity index (χ2v) is 3.21. The number of rotatable bonds is 3. The Hall–Kier alpha value is -0.790. The number of imidazole rings is 1. The first kappa shape index (κ1) is 8.79. The molecule has 2 rings (SSSR count). The van der Waals surface area contributed by atoms with Crippen molar-refractivity contribution in [1.29, 1.82) is 0 Å². The number of aromatic nitrogens is 2. The summed E-state index contributed by atoms with van der Waals surface area (Å²) in [5.74, 6) is 1.36. The molecule has 0 aromatic carbocycles. The van der Waals surface area contributed by atoms with Gasteiger partial charge in [0.15, 0.2) is 0 Å². The van der Waals surface area contributed by atoms with E-state index in [-0.39, 0.29) is 0 Å². The molecule has 0 saturated heterocycles. The van der Waals surface area contributed by atoms with E-state index >= 15 is 0 Å². The van der Waals surface area contributed by atoms with E-state index in [9.17, 15) is 0 Å². The van der Waals surface area contributed by atoms with Crippen LogP contribution in [0.5, 0.6) is 0 Å². The van der Waals surface area contributed by atoms with Crippen LogP contribution in [-0.4, -0.2) is 4.57 Å². The van der Waals surface area contributed by atoms with Gasteiger partial charge in [-0.2, -0.15) is 0 Å². The Morgan fingerprint density at radius 1 is 1.31 bits per heavy atom. The molecule has 5 radical (unpaired) electrons. The van der Waals surface area contributed by atoms with E-state index < -0.39 is 0 Å². The highest BCUT2D eigenvalue weighted by Gasteiger charge is 2.19. The molecule has 13 heavy (non-hydrogen) atoms. The summed E-state index contributed by atoms with van der Waals surface area (Å²) in [4.78, 5) is 0. The van der Waals surface area contributed by atoms with E-state index in [4.69, 9.17) is 0 Å². The molecule has 1 aromatic heterocycles. The van der Waals surface area contributed by atoms with Crippen LogP contribution in [0.4, 0.5) is 0 Å². The lowest BCUT2D eigenvalue weighted by molar-refractivity contribution is -0.691. The van der Waals surface area contributed by atoms with Gasteiger partial charge in [0.1, 0.15) is 12.4 Å². The largest absolute Gasteiger partial charge is 0.243 e. The molecule has 0 bridgehead atoms. The summed E-state index contributed by atoms with van der Waals surface area (Å²) in [6, 6.07) is 0. The van der Waals surface area contributed by atoms with Crippen molar-refractivity contribution in [3.8, 4) is 0 Å². The van der Waals surface area contributed by atoms with Crippen LogP contribution in [0.15, 0.2) is 18.7 Å². The van der Waals surface area contributed by atoms with Crippen molar-refractivity contribution >= 4 is 0 Å². The molecule has 1 aliphatic rings. The van der Waals surface area contributed by atoms with Gasteiger partial charge in [0.05, 0.1) is 13.1 Å². The molecule has 0 spiro atoms. The fourth-order valence-corrected chi connectivity index (χ4v) is 1.45. The van der Waals surface area contributed by atoms with Crippen molar-refractivity contribution in [2.75, 3.05) is 0 Å². The fourth-order valence-electron chi connectivity index (χ4n) is 1.45. The molecule has 0 atom stereocenters. The zero-order chi connectivity index (χ0) is 9.10. The highest BCUT2D eigenvalue weighted by Crippen LogP contribution is 2.22. The quantitative estimate of drug-likeness (QED) is 0.609. The average molecular weight is 174 g/mol. The van der Waals surface area contributed by atoms with E-state index in [1.54, 1.807) is 0 Å². The van der Waals surface area contributed by atoms with E-state index in [1.165, 1.54) is 5.92 Å². The standard InChI is InChI=1S/C11H14N2/c1-2-12-7-8-13(10-12)9-11-5-3-4-6-11/h3-8,10H,2,9H2,1H3/q+1. The molecule has 0 amide bonds. The molecule has 1 heterocycles. The highest BCUT2D eigenvalue weighted by atomic mass is 15.1. The van der Waals surface area contributed by atoms with Crippen LogP contribution < -0.4 is 4.57 Å². The van der Waals surface area contributed by atoms with Crippen LogP contribution in [0.1, 0.15) is 6.92 Å². The van der Waals surface area contributed by atoms with Crippen molar-refractivity contribution in [3.63, 3.8) is 0 Å². The lowest BCUT2D eigenvalue weighted by Gasteiger charge is -2.02. The summed E-state index contributed by atoms with van der Waals surface area (Å²) in [7, 11) is 0. The predicted molar refractivity (Wildman–Crippen MR) is 50.7 cm³/mol. The van der Waals surface area contributed by atoms with Crippen LogP contribution in [0.2, 0.25) is 0 Å². The summed E-state index contributed by atoms with van der Waals surface area (Å²) < 4.78 is 4.36. The Labute approximate surface area is 80.2 Å². The summed E-state index contributed by atoms with van der Waals surface area (Å²) in [6.45, 7) is 4.15. The lowest BCUT2D eigenvalue weighted by Crippen LogP contribution is -2.34. The van der Waals surface area contributed by atoms with E-state index in [0.29, 0.717) is 0 Å². The minimum atomic E-state index is 0.972. The van der Waals surface area contributed by atoms with E-state index in [2.05, 4.69) is 60.5 Å². The third kappa shape index (κ3) is 2.11. The first-order valence-corrected chi connectivity index (χ1v) is 4.64. The Bertz CT molecular complexity index is 259. The van der Waals surface area contributed by atoms with E-state index in [1.807, 2.05) is 0 Å². The molecular formula is C11H14N2+. The number of aryl methyl sites for hydroxylation is 1. The lowest BCUT2D eigenvalue weighted by atomic mass is 10.1. The molecule has 1 saturated carbocycles. The Kier molecular flexibility index (Phi) is 2.67. The van der Waals surface area contributed by atoms with Crippen molar-refractivity contribution in [2.45, 2.75) is 20.0 Å². The maximum atomic E-state index is 2.19. The zero-order valence-electron chi connectivity index (χ0n) is 7.85. The van der Waals surface area contributed by atoms with Crippen molar-refractivity contribution < 1.29 is 4.57 Å². The first-order chi connectivity index (χ1) is 6.38. The summed E-state index contributed by atoms with van der Waals surface area (Å²) in [5.41, 5.74) is 0. The van der Waals surface area contributed by atoms with Gasteiger partial charge < -0.3 is 0 Å². The van der Waals surface area contributed by atoms with Gasteiger partial charge in [0, 0.05) is 5.92 Å². The average Bonchev–Trinajstić information content (AvgIpc) is 2.76. The van der Waals surface area contributed by atoms with Gasteiger partial charge >= 0.3 is 0 Å². The van der Waals surface area contributed by atoms with Gasteiger partial charge in [-0.3, -0.25) is 0 Å². The molecule has 0 N–H and O–H groups in total. The normalized spacial score (nSPS) is 18.2. The molecule has 2 heteroatoms. The summed E-state index contributed by atoms with van der Waals surface area (Å²) in [6.07, 6.45) is 14.8. The number of hydrogen-bond donors (Lipinski definition) is 0. The molecule has 67 valence electrons. The minimum Gasteiger partial charge on any atom is -0.237 e. The monoisotopic (exact) mass is 174 g/mol. The van der Waals surface area contributed by atoms with E-state index in [0.717, 1.165) is 13.1 Å². The maximum Gasteiger partial charge on any atom is 0.243 e. The van der Waals surface area contributed by atoms with Gasteiger partial charge in [0.2, 0.25) is 6.33 Å². The molecule has 1 fully saturated rings. The SMILES string of the molecule is CCn1cc[n+](C[C]2[CH][CH][CH][CH]2)c1. The van der Waals surface area contributed by atoms with Crippen LogP contribution >= 0.6 is 0 Å². The second kappa shape index (κ2) is 3.95. The molecule has 1 aliphatic carbocycles. The Morgan fingerprint density at radius 3 is 2.69 bits per heavy atom. The Balaban J connectivity index is 1.92. The molecule has 0 aliphatic heterocycles. The van der Waals surface area contributed by atoms with Gasteiger partial charge in [-0.05, 0) is 32.6 Å². The van der Waals surface area contributed by atoms with Gasteiger partial charge in [-0.15, -0.1) is 0 Å². The third-order valence-electron chi connectivity index (χ3n) is 2.21. The molecule has 2 nitrogen and oxygen atoms in total.